The number of nitrogens with zero attached hydrogens (tertiary/aromatic N) is 1. The Morgan fingerprint density at radius 3 is 3.00 bits per heavy atom. The average molecular weight is 256 g/mol. The van der Waals surface area contributed by atoms with Crippen molar-refractivity contribution in [2.45, 2.75) is 24.9 Å². The van der Waals surface area contributed by atoms with Gasteiger partial charge in [-0.05, 0) is 6.42 Å². The third-order valence-electron chi connectivity index (χ3n) is 1.95. The molecule has 0 unspecified atom stereocenters. The predicted octanol–water partition coefficient (Wildman–Crippen LogP) is 1.03. The summed E-state index contributed by atoms with van der Waals surface area (Å²) in [5, 5.41) is 0.491. The molecule has 0 spiro atoms. The number of methoxy groups -OCH3 is 1. The molecule has 6 heteroatoms. The number of aryl methyl sites for hydroxylation is 1. The maximum atomic E-state index is 11.3. The molecular formula is C11H16N2O3S. The third-order valence-corrected chi connectivity index (χ3v) is 2.89. The van der Waals surface area contributed by atoms with Crippen molar-refractivity contribution >= 4 is 17.5 Å². The zero-order chi connectivity index (χ0) is 12.7. The molecule has 0 bridgehead atoms. The Hall–Kier alpha value is -1.14. The second-order valence-electron chi connectivity index (χ2n) is 3.55. The first kappa shape index (κ1) is 13.9. The van der Waals surface area contributed by atoms with E-state index >= 15 is 0 Å². The molecule has 5 nitrogen and oxygen atoms in total. The second-order valence-corrected chi connectivity index (χ2v) is 4.52. The minimum atomic E-state index is -0.176. The highest BCUT2D eigenvalue weighted by Gasteiger charge is 2.05. The molecule has 94 valence electrons. The average Bonchev–Trinajstić information content (AvgIpc) is 2.26. The first-order chi connectivity index (χ1) is 8.15. The number of hydrogen-bond acceptors (Lipinski definition) is 5. The molecule has 17 heavy (non-hydrogen) atoms. The lowest BCUT2D eigenvalue weighted by Crippen LogP contribution is -2.13. The molecule has 1 aromatic rings. The summed E-state index contributed by atoms with van der Waals surface area (Å²) in [6, 6.07) is 1.49. The lowest BCUT2D eigenvalue weighted by Gasteiger charge is -2.02. The number of hydrogen-bond donors (Lipinski definition) is 1. The second kappa shape index (κ2) is 7.24. The molecule has 0 aromatic carbocycles. The van der Waals surface area contributed by atoms with E-state index in [1.807, 2.05) is 6.92 Å². The molecule has 0 saturated heterocycles. The smallest absolute Gasteiger partial charge is 0.251 e. The van der Waals surface area contributed by atoms with E-state index in [2.05, 4.69) is 9.97 Å². The fourth-order valence-corrected chi connectivity index (χ4v) is 2.02. The van der Waals surface area contributed by atoms with Crippen LogP contribution in [-0.2, 0) is 16.0 Å². The van der Waals surface area contributed by atoms with Crippen molar-refractivity contribution in [3.63, 3.8) is 0 Å². The SMILES string of the molecule is CCCc1cc(=O)[nH]c(SCC(=O)COC)n1. The highest BCUT2D eigenvalue weighted by atomic mass is 32.2. The number of thioether (sulfide) groups is 1. The Balaban J connectivity index is 2.64. The number of Topliss-reactive ketones (excluding diaryl/α,β-unsaturated/α-hetero) is 1. The molecule has 1 rings (SSSR count). The van der Waals surface area contributed by atoms with E-state index in [0.717, 1.165) is 18.5 Å². The van der Waals surface area contributed by atoms with Gasteiger partial charge in [0.2, 0.25) is 0 Å². The summed E-state index contributed by atoms with van der Waals surface area (Å²) in [5.74, 6) is 0.229. The van der Waals surface area contributed by atoms with Gasteiger partial charge < -0.3 is 9.72 Å². The molecule has 0 saturated carbocycles. The normalized spacial score (nSPS) is 10.5. The first-order valence-corrected chi connectivity index (χ1v) is 6.38. The van der Waals surface area contributed by atoms with Crippen LogP contribution >= 0.6 is 11.8 Å². The molecule has 0 radical (unpaired) electrons. The van der Waals surface area contributed by atoms with Gasteiger partial charge in [-0.15, -0.1) is 0 Å². The number of aromatic nitrogens is 2. The summed E-state index contributed by atoms with van der Waals surface area (Å²) in [6.45, 7) is 2.11. The standard InChI is InChI=1S/C11H16N2O3S/c1-3-4-8-5-10(15)13-11(12-8)17-7-9(14)6-16-2/h5H,3-4,6-7H2,1-2H3,(H,12,13,15). The van der Waals surface area contributed by atoms with E-state index in [1.165, 1.54) is 24.9 Å². The summed E-state index contributed by atoms with van der Waals surface area (Å²) in [6.07, 6.45) is 1.70. The quantitative estimate of drug-likeness (QED) is 0.582. The Morgan fingerprint density at radius 1 is 1.59 bits per heavy atom. The van der Waals surface area contributed by atoms with E-state index in [-0.39, 0.29) is 23.7 Å². The van der Waals surface area contributed by atoms with E-state index in [0.29, 0.717) is 5.16 Å². The Bertz CT molecular complexity index is 431. The lowest BCUT2D eigenvalue weighted by atomic mass is 10.2. The maximum absolute atomic E-state index is 11.3. The fourth-order valence-electron chi connectivity index (χ4n) is 1.29. The fraction of sp³-hybridized carbons (Fsp3) is 0.545. The van der Waals surface area contributed by atoms with Crippen LogP contribution in [0.25, 0.3) is 0 Å². The van der Waals surface area contributed by atoms with Crippen LogP contribution < -0.4 is 5.56 Å². The molecular weight excluding hydrogens is 240 g/mol. The van der Waals surface area contributed by atoms with Crippen LogP contribution in [0.1, 0.15) is 19.0 Å². The number of ketones is 1. The molecule has 1 N–H and O–H groups in total. The topological polar surface area (TPSA) is 72.0 Å². The van der Waals surface area contributed by atoms with Gasteiger partial charge in [-0.2, -0.15) is 0 Å². The Morgan fingerprint density at radius 2 is 2.35 bits per heavy atom. The van der Waals surface area contributed by atoms with Crippen molar-refractivity contribution in [1.29, 1.82) is 0 Å². The molecule has 0 aliphatic heterocycles. The molecule has 0 amide bonds. The van der Waals surface area contributed by atoms with Crippen LogP contribution in [0.5, 0.6) is 0 Å². The van der Waals surface area contributed by atoms with Gasteiger partial charge in [-0.3, -0.25) is 9.59 Å². The van der Waals surface area contributed by atoms with Crippen LogP contribution in [0.15, 0.2) is 16.0 Å². The van der Waals surface area contributed by atoms with E-state index in [1.54, 1.807) is 0 Å². The van der Waals surface area contributed by atoms with Gasteiger partial charge in [0.05, 0.1) is 5.75 Å². The van der Waals surface area contributed by atoms with Crippen LogP contribution in [-0.4, -0.2) is 35.2 Å². The van der Waals surface area contributed by atoms with Crippen molar-refractivity contribution in [1.82, 2.24) is 9.97 Å². The molecule has 0 atom stereocenters. The number of aromatic amines is 1. The van der Waals surface area contributed by atoms with Gasteiger partial charge in [0.1, 0.15) is 6.61 Å². The van der Waals surface area contributed by atoms with Gasteiger partial charge in [-0.1, -0.05) is 25.1 Å². The molecule has 0 aliphatic carbocycles. The molecule has 1 aromatic heterocycles. The predicted molar refractivity (Wildman–Crippen MR) is 66.5 cm³/mol. The van der Waals surface area contributed by atoms with Gasteiger partial charge in [0.15, 0.2) is 10.9 Å². The number of carbonyl (C=O) groups excluding carboxylic acids is 1. The van der Waals surface area contributed by atoms with Crippen LogP contribution in [0.3, 0.4) is 0 Å². The maximum Gasteiger partial charge on any atom is 0.251 e. The first-order valence-electron chi connectivity index (χ1n) is 5.39. The van der Waals surface area contributed by atoms with E-state index in [4.69, 9.17) is 4.74 Å². The van der Waals surface area contributed by atoms with Crippen molar-refractivity contribution in [2.75, 3.05) is 19.5 Å². The van der Waals surface area contributed by atoms with Crippen molar-refractivity contribution in [2.24, 2.45) is 0 Å². The monoisotopic (exact) mass is 256 g/mol. The van der Waals surface area contributed by atoms with Crippen LogP contribution in [0, 0.1) is 0 Å². The third kappa shape index (κ3) is 5.14. The number of carbonyl (C=O) groups is 1. The van der Waals surface area contributed by atoms with Crippen LogP contribution in [0.2, 0.25) is 0 Å². The number of ether oxygens (including phenoxy) is 1. The van der Waals surface area contributed by atoms with Crippen molar-refractivity contribution in [3.8, 4) is 0 Å². The Labute approximate surface area is 104 Å². The van der Waals surface area contributed by atoms with Crippen molar-refractivity contribution in [3.05, 3.63) is 22.1 Å². The number of nitrogens with one attached hydrogen (secondary N) is 1. The van der Waals surface area contributed by atoms with Gasteiger partial charge in [0, 0.05) is 18.9 Å². The Kier molecular flexibility index (Phi) is 5.93. The summed E-state index contributed by atoms with van der Waals surface area (Å²) in [7, 11) is 1.48. The van der Waals surface area contributed by atoms with Crippen molar-refractivity contribution < 1.29 is 9.53 Å². The largest absolute Gasteiger partial charge is 0.377 e. The lowest BCUT2D eigenvalue weighted by molar-refractivity contribution is -0.120. The minimum Gasteiger partial charge on any atom is -0.377 e. The van der Waals surface area contributed by atoms with Gasteiger partial charge in [0.25, 0.3) is 5.56 Å². The van der Waals surface area contributed by atoms with Gasteiger partial charge >= 0.3 is 0 Å². The zero-order valence-corrected chi connectivity index (χ0v) is 10.8. The minimum absolute atomic E-state index is 0.0268. The molecule has 1 heterocycles. The molecule has 0 fully saturated rings. The summed E-state index contributed by atoms with van der Waals surface area (Å²) in [4.78, 5) is 29.5. The zero-order valence-electron chi connectivity index (χ0n) is 9.99. The summed E-state index contributed by atoms with van der Waals surface area (Å²) >= 11 is 1.23. The van der Waals surface area contributed by atoms with Gasteiger partial charge in [-0.25, -0.2) is 4.98 Å². The van der Waals surface area contributed by atoms with Crippen LogP contribution in [0.4, 0.5) is 0 Å². The highest BCUT2D eigenvalue weighted by molar-refractivity contribution is 7.99. The summed E-state index contributed by atoms with van der Waals surface area (Å²) in [5.41, 5.74) is 0.586. The molecule has 0 aliphatic rings. The van der Waals surface area contributed by atoms with E-state index < -0.39 is 0 Å². The number of rotatable bonds is 7. The highest BCUT2D eigenvalue weighted by Crippen LogP contribution is 2.11. The van der Waals surface area contributed by atoms with E-state index in [9.17, 15) is 9.59 Å². The number of H-pyrrole nitrogens is 1. The summed E-state index contributed by atoms with van der Waals surface area (Å²) < 4.78 is 4.72.